The number of benzene rings is 2. The zero-order valence-corrected chi connectivity index (χ0v) is 24.3. The minimum Gasteiger partial charge on any atom is -0.508 e. The number of phenolic OH excluding ortho intramolecular Hbond substituents is 1. The number of rotatable bonds is 8. The number of carbonyl (C=O) groups excluding carboxylic acids is 2. The van der Waals surface area contributed by atoms with Crippen LogP contribution >= 0.6 is 0 Å². The summed E-state index contributed by atoms with van der Waals surface area (Å²) in [7, 11) is 3.38. The number of hydrogen-bond acceptors (Lipinski definition) is 14. The van der Waals surface area contributed by atoms with Crippen LogP contribution in [0, 0.1) is 10.1 Å². The summed E-state index contributed by atoms with van der Waals surface area (Å²) in [6.45, 7) is 1.65. The van der Waals surface area contributed by atoms with Gasteiger partial charge in [0.2, 0.25) is 0 Å². The predicted octanol–water partition coefficient (Wildman–Crippen LogP) is 1.93. The van der Waals surface area contributed by atoms with Crippen molar-refractivity contribution in [1.82, 2.24) is 39.8 Å². The molecule has 0 radical (unpaired) electrons. The van der Waals surface area contributed by atoms with Gasteiger partial charge in [-0.3, -0.25) is 14.9 Å². The van der Waals surface area contributed by atoms with E-state index in [-0.39, 0.29) is 57.3 Å². The highest BCUT2D eigenvalue weighted by atomic mass is 16.6. The number of imidazole rings is 1. The van der Waals surface area contributed by atoms with E-state index in [1.54, 1.807) is 0 Å². The van der Waals surface area contributed by atoms with Crippen LogP contribution in [-0.2, 0) is 7.05 Å². The predicted molar refractivity (Wildman–Crippen MR) is 156 cm³/mol. The molecule has 0 atom stereocenters. The van der Waals surface area contributed by atoms with Crippen LogP contribution in [0.4, 0.5) is 5.69 Å². The number of ether oxygens (including phenoxy) is 2. The maximum atomic E-state index is 13.3. The van der Waals surface area contributed by atoms with Gasteiger partial charge in [-0.2, -0.15) is 4.68 Å². The zero-order chi connectivity index (χ0) is 32.5. The summed E-state index contributed by atoms with van der Waals surface area (Å²) in [5.41, 5.74) is -1.43. The normalized spacial score (nSPS) is 13.9. The number of aromatic hydroxyl groups is 1. The van der Waals surface area contributed by atoms with E-state index < -0.39 is 28.2 Å². The largest absolute Gasteiger partial charge is 0.508 e. The highest BCUT2D eigenvalue weighted by Gasteiger charge is 2.28. The second kappa shape index (κ2) is 12.1. The molecule has 1 saturated heterocycles. The van der Waals surface area contributed by atoms with Crippen LogP contribution in [0.2, 0.25) is 0 Å². The van der Waals surface area contributed by atoms with E-state index in [0.717, 1.165) is 47.4 Å². The Kier molecular flexibility index (Phi) is 7.85. The lowest BCUT2D eigenvalue weighted by Gasteiger charge is -2.29. The average molecular weight is 632 g/mol. The van der Waals surface area contributed by atoms with Crippen molar-refractivity contribution in [3.8, 4) is 34.3 Å². The van der Waals surface area contributed by atoms with Crippen molar-refractivity contribution in [3.63, 3.8) is 0 Å². The number of carbonyl (C=O) groups is 2. The molecule has 1 amide bonds. The summed E-state index contributed by atoms with van der Waals surface area (Å²) < 4.78 is 19.0. The Hall–Kier alpha value is -6.17. The van der Waals surface area contributed by atoms with E-state index in [2.05, 4.69) is 30.7 Å². The Balaban J connectivity index is 1.37. The minimum absolute atomic E-state index is 0.0409. The van der Waals surface area contributed by atoms with Crippen molar-refractivity contribution in [1.29, 1.82) is 0 Å². The molecule has 18 heteroatoms. The molecule has 46 heavy (non-hydrogen) atoms. The number of non-ortho nitro benzene ring substituents is 1. The monoisotopic (exact) mass is 631 g/mol. The van der Waals surface area contributed by atoms with Gasteiger partial charge in [-0.25, -0.2) is 19.0 Å². The molecule has 0 unspecified atom stereocenters. The van der Waals surface area contributed by atoms with E-state index in [1.165, 1.54) is 43.4 Å². The molecule has 3 aromatic heterocycles. The maximum Gasteiger partial charge on any atom is 0.366 e. The number of likely N-dealkylation sites (tertiary alicyclic amines) is 1. The van der Waals surface area contributed by atoms with Crippen LogP contribution in [0.3, 0.4) is 0 Å². The van der Waals surface area contributed by atoms with Crippen LogP contribution in [0.15, 0.2) is 58.1 Å². The van der Waals surface area contributed by atoms with E-state index in [4.69, 9.17) is 14.0 Å². The quantitative estimate of drug-likeness (QED) is 0.108. The van der Waals surface area contributed by atoms with Gasteiger partial charge in [-0.05, 0) is 45.1 Å². The SMILES string of the molecule is CN1CCC(NC(=O)c2cc(-c3c(OC(=O)c4ncn5c(=O)n(C)nnc45)cc(O)cc3Oc3ccc([N+](=O)[O-])cc3)on2)CC1. The second-order valence-corrected chi connectivity index (χ2v) is 10.5. The molecule has 2 aromatic carbocycles. The number of nitrogens with one attached hydrogen (secondary N) is 1. The molecule has 6 rings (SSSR count). The van der Waals surface area contributed by atoms with Crippen molar-refractivity contribution in [2.45, 2.75) is 18.9 Å². The van der Waals surface area contributed by atoms with Crippen LogP contribution in [0.5, 0.6) is 23.0 Å². The molecule has 0 bridgehead atoms. The smallest absolute Gasteiger partial charge is 0.366 e. The molecule has 0 spiro atoms. The van der Waals surface area contributed by atoms with E-state index in [1.807, 2.05) is 7.05 Å². The molecule has 18 nitrogen and oxygen atoms in total. The van der Waals surface area contributed by atoms with E-state index in [0.29, 0.717) is 0 Å². The summed E-state index contributed by atoms with van der Waals surface area (Å²) in [4.78, 5) is 55.4. The Bertz CT molecular complexity index is 2030. The summed E-state index contributed by atoms with van der Waals surface area (Å²) in [5.74, 6) is -2.30. The number of aryl methyl sites for hydroxylation is 1. The number of nitro groups is 1. The third-order valence-electron chi connectivity index (χ3n) is 7.26. The second-order valence-electron chi connectivity index (χ2n) is 10.5. The number of aromatic nitrogens is 6. The number of amides is 1. The van der Waals surface area contributed by atoms with Crippen molar-refractivity contribution in [3.05, 3.63) is 80.8 Å². The topological polar surface area (TPSA) is 222 Å². The molecule has 1 aliphatic rings. The van der Waals surface area contributed by atoms with Gasteiger partial charge in [-0.15, -0.1) is 5.10 Å². The van der Waals surface area contributed by atoms with Crippen molar-refractivity contribution in [2.24, 2.45) is 7.05 Å². The zero-order valence-electron chi connectivity index (χ0n) is 24.3. The molecule has 0 aliphatic carbocycles. The lowest BCUT2D eigenvalue weighted by molar-refractivity contribution is -0.384. The first-order valence-corrected chi connectivity index (χ1v) is 13.8. The number of phenols is 1. The van der Waals surface area contributed by atoms with Gasteiger partial charge < -0.3 is 29.3 Å². The lowest BCUT2D eigenvalue weighted by atomic mass is 10.1. The fourth-order valence-electron chi connectivity index (χ4n) is 4.83. The van der Waals surface area contributed by atoms with Crippen LogP contribution < -0.4 is 20.5 Å². The molecule has 236 valence electrons. The number of nitro benzene ring substituents is 1. The van der Waals surface area contributed by atoms with Gasteiger partial charge in [0.05, 0.1) is 4.92 Å². The number of esters is 1. The molecular formula is C28H25N9O9. The van der Waals surface area contributed by atoms with Crippen LogP contribution in [0.25, 0.3) is 17.0 Å². The van der Waals surface area contributed by atoms with E-state index >= 15 is 0 Å². The number of nitrogens with zero attached hydrogens (tertiary/aromatic N) is 8. The summed E-state index contributed by atoms with van der Waals surface area (Å²) in [6.07, 6.45) is 2.61. The molecule has 1 aliphatic heterocycles. The minimum atomic E-state index is -1.07. The summed E-state index contributed by atoms with van der Waals surface area (Å²) in [5, 5.41) is 36.0. The fraction of sp³-hybridized carbons (Fsp3) is 0.250. The first kappa shape index (κ1) is 29.9. The van der Waals surface area contributed by atoms with Gasteiger partial charge in [0, 0.05) is 43.4 Å². The Labute approximate surface area is 257 Å². The summed E-state index contributed by atoms with van der Waals surface area (Å²) in [6, 6.07) is 8.64. The first-order chi connectivity index (χ1) is 22.1. The molecule has 1 fully saturated rings. The first-order valence-electron chi connectivity index (χ1n) is 13.8. The lowest BCUT2D eigenvalue weighted by Crippen LogP contribution is -2.43. The number of fused-ring (bicyclic) bond motifs is 1. The van der Waals surface area contributed by atoms with Gasteiger partial charge in [0.25, 0.3) is 11.6 Å². The fourth-order valence-corrected chi connectivity index (χ4v) is 4.83. The molecule has 2 N–H and O–H groups in total. The Morgan fingerprint density at radius 1 is 1.11 bits per heavy atom. The molecule has 5 aromatic rings. The molecule has 0 saturated carbocycles. The van der Waals surface area contributed by atoms with Gasteiger partial charge in [0.15, 0.2) is 22.8 Å². The molecular weight excluding hydrogens is 606 g/mol. The van der Waals surface area contributed by atoms with Gasteiger partial charge in [-0.1, -0.05) is 10.4 Å². The molecule has 4 heterocycles. The third kappa shape index (κ3) is 5.95. The number of hydrogen-bond donors (Lipinski definition) is 2. The average Bonchev–Trinajstić information content (AvgIpc) is 3.69. The highest BCUT2D eigenvalue weighted by molar-refractivity contribution is 5.97. The van der Waals surface area contributed by atoms with Crippen LogP contribution in [-0.4, -0.2) is 82.5 Å². The number of piperidine rings is 1. The van der Waals surface area contributed by atoms with Crippen LogP contribution in [0.1, 0.15) is 33.8 Å². The Morgan fingerprint density at radius 2 is 1.83 bits per heavy atom. The third-order valence-corrected chi connectivity index (χ3v) is 7.26. The standard InChI is InChI=1S/C28H25N9O9/c1-34-9-7-15(8-10-34)30-26(39)19-13-22(46-32-19)23-20(44-18-5-3-16(4-6-18)37(42)43)11-17(38)12-21(23)45-27(40)24-25-31-33-35(2)28(41)36(25)14-29-24/h3-6,11-15,38H,7-10H2,1-2H3,(H,30,39). The van der Waals surface area contributed by atoms with E-state index in [9.17, 15) is 29.6 Å². The highest BCUT2D eigenvalue weighted by Crippen LogP contribution is 2.44. The van der Waals surface area contributed by atoms with Gasteiger partial charge >= 0.3 is 11.7 Å². The van der Waals surface area contributed by atoms with Gasteiger partial charge in [0.1, 0.15) is 34.9 Å². The van der Waals surface area contributed by atoms with Crippen molar-refractivity contribution >= 4 is 23.2 Å². The van der Waals surface area contributed by atoms with Crippen molar-refractivity contribution < 1.29 is 33.6 Å². The van der Waals surface area contributed by atoms with Crippen molar-refractivity contribution in [2.75, 3.05) is 20.1 Å². The summed E-state index contributed by atoms with van der Waals surface area (Å²) >= 11 is 0. The Morgan fingerprint density at radius 3 is 2.54 bits per heavy atom. The maximum absolute atomic E-state index is 13.3.